The Balaban J connectivity index is 1.40. The molecule has 1 atom stereocenters. The van der Waals surface area contributed by atoms with Crippen molar-refractivity contribution in [2.45, 2.75) is 19.6 Å². The molecule has 1 unspecified atom stereocenters. The van der Waals surface area contributed by atoms with Gasteiger partial charge >= 0.3 is 5.97 Å². The normalized spacial score (nSPS) is 11.8. The first kappa shape index (κ1) is 20.9. The Morgan fingerprint density at radius 2 is 1.80 bits per heavy atom. The molecule has 1 heterocycles. The second-order valence-electron chi connectivity index (χ2n) is 6.59. The van der Waals surface area contributed by atoms with Crippen LogP contribution in [0.15, 0.2) is 83.5 Å². The van der Waals surface area contributed by atoms with Gasteiger partial charge in [0.25, 0.3) is 5.91 Å². The highest BCUT2D eigenvalue weighted by molar-refractivity contribution is 5.89. The quantitative estimate of drug-likeness (QED) is 0.424. The standard InChI is InChI=1S/C24H23NO5/c1-18(22-8-5-15-28-22)25-23(26)17-30-24(27)14-11-19-9-12-21(13-10-19)29-16-20-6-3-2-4-7-20/h2-15,18H,16-17H2,1H3,(H,25,26)/b14-11+. The van der Waals surface area contributed by atoms with Crippen molar-refractivity contribution >= 4 is 18.0 Å². The highest BCUT2D eigenvalue weighted by Gasteiger charge is 2.12. The Kier molecular flexibility index (Phi) is 7.44. The number of furan rings is 1. The molecule has 0 aliphatic carbocycles. The summed E-state index contributed by atoms with van der Waals surface area (Å²) >= 11 is 0. The topological polar surface area (TPSA) is 77.8 Å². The molecule has 6 nitrogen and oxygen atoms in total. The van der Waals surface area contributed by atoms with Gasteiger partial charge in [0.1, 0.15) is 18.1 Å². The van der Waals surface area contributed by atoms with E-state index in [2.05, 4.69) is 5.32 Å². The molecule has 0 spiro atoms. The van der Waals surface area contributed by atoms with E-state index >= 15 is 0 Å². The van der Waals surface area contributed by atoms with E-state index in [0.717, 1.165) is 16.9 Å². The molecule has 0 saturated heterocycles. The molecule has 30 heavy (non-hydrogen) atoms. The van der Waals surface area contributed by atoms with Crippen molar-refractivity contribution < 1.29 is 23.5 Å². The van der Waals surface area contributed by atoms with Crippen LogP contribution in [-0.4, -0.2) is 18.5 Å². The predicted molar refractivity (Wildman–Crippen MR) is 112 cm³/mol. The molecule has 154 valence electrons. The van der Waals surface area contributed by atoms with Crippen molar-refractivity contribution in [1.29, 1.82) is 0 Å². The predicted octanol–water partition coefficient (Wildman–Crippen LogP) is 4.29. The SMILES string of the molecule is CC(NC(=O)COC(=O)/C=C/c1ccc(OCc2ccccc2)cc1)c1ccco1. The maximum atomic E-state index is 11.9. The van der Waals surface area contributed by atoms with Gasteiger partial charge in [-0.2, -0.15) is 0 Å². The highest BCUT2D eigenvalue weighted by Crippen LogP contribution is 2.15. The number of hydrogen-bond donors (Lipinski definition) is 1. The first-order chi connectivity index (χ1) is 14.6. The van der Waals surface area contributed by atoms with Crippen LogP contribution >= 0.6 is 0 Å². The van der Waals surface area contributed by atoms with Crippen molar-refractivity contribution in [3.05, 3.63) is 96.0 Å². The zero-order valence-electron chi connectivity index (χ0n) is 16.6. The lowest BCUT2D eigenvalue weighted by molar-refractivity contribution is -0.144. The number of nitrogens with one attached hydrogen (secondary N) is 1. The number of esters is 1. The summed E-state index contributed by atoms with van der Waals surface area (Å²) in [7, 11) is 0. The minimum Gasteiger partial charge on any atom is -0.489 e. The van der Waals surface area contributed by atoms with Crippen LogP contribution in [0.5, 0.6) is 5.75 Å². The molecule has 3 rings (SSSR count). The number of rotatable bonds is 9. The molecule has 3 aromatic rings. The van der Waals surface area contributed by atoms with Crippen LogP contribution in [-0.2, 0) is 20.9 Å². The second kappa shape index (κ2) is 10.7. The fraction of sp³-hybridized carbons (Fsp3) is 0.167. The Hall–Kier alpha value is -3.80. The van der Waals surface area contributed by atoms with Crippen LogP contribution in [0.2, 0.25) is 0 Å². The smallest absolute Gasteiger partial charge is 0.331 e. The van der Waals surface area contributed by atoms with Crippen LogP contribution < -0.4 is 10.1 Å². The molecule has 1 aromatic heterocycles. The van der Waals surface area contributed by atoms with Crippen molar-refractivity contribution in [3.63, 3.8) is 0 Å². The molecule has 0 aliphatic heterocycles. The van der Waals surface area contributed by atoms with Crippen molar-refractivity contribution in [3.8, 4) is 5.75 Å². The summed E-state index contributed by atoms with van der Waals surface area (Å²) < 4.78 is 15.9. The van der Waals surface area contributed by atoms with Gasteiger partial charge in [-0.1, -0.05) is 42.5 Å². The van der Waals surface area contributed by atoms with E-state index in [4.69, 9.17) is 13.9 Å². The van der Waals surface area contributed by atoms with E-state index in [0.29, 0.717) is 12.4 Å². The van der Waals surface area contributed by atoms with Crippen molar-refractivity contribution in [1.82, 2.24) is 5.32 Å². The molecule has 0 fully saturated rings. The number of benzene rings is 2. The van der Waals surface area contributed by atoms with Gasteiger partial charge in [-0.25, -0.2) is 4.79 Å². The lowest BCUT2D eigenvalue weighted by atomic mass is 10.2. The Morgan fingerprint density at radius 3 is 2.50 bits per heavy atom. The van der Waals surface area contributed by atoms with Crippen molar-refractivity contribution in [2.24, 2.45) is 0 Å². The van der Waals surface area contributed by atoms with Gasteiger partial charge in [0.15, 0.2) is 6.61 Å². The van der Waals surface area contributed by atoms with E-state index in [1.807, 2.05) is 54.6 Å². The molecular formula is C24H23NO5. The van der Waals surface area contributed by atoms with E-state index in [1.165, 1.54) is 12.3 Å². The molecule has 2 aromatic carbocycles. The average molecular weight is 405 g/mol. The molecule has 0 bridgehead atoms. The third-order valence-corrected chi connectivity index (χ3v) is 4.23. The highest BCUT2D eigenvalue weighted by atomic mass is 16.5. The first-order valence-corrected chi connectivity index (χ1v) is 9.54. The van der Waals surface area contributed by atoms with Crippen LogP contribution in [0, 0.1) is 0 Å². The minimum absolute atomic E-state index is 0.302. The largest absolute Gasteiger partial charge is 0.489 e. The zero-order valence-corrected chi connectivity index (χ0v) is 16.6. The van der Waals surface area contributed by atoms with Gasteiger partial charge < -0.3 is 19.2 Å². The molecular weight excluding hydrogens is 382 g/mol. The number of carbonyl (C=O) groups is 2. The molecule has 1 amide bonds. The fourth-order valence-corrected chi connectivity index (χ4v) is 2.66. The lowest BCUT2D eigenvalue weighted by Crippen LogP contribution is -2.30. The van der Waals surface area contributed by atoms with E-state index in [1.54, 1.807) is 25.1 Å². The maximum absolute atomic E-state index is 11.9. The average Bonchev–Trinajstić information content (AvgIpc) is 3.31. The van der Waals surface area contributed by atoms with Crippen molar-refractivity contribution in [2.75, 3.05) is 6.61 Å². The second-order valence-corrected chi connectivity index (χ2v) is 6.59. The van der Waals surface area contributed by atoms with Gasteiger partial charge in [-0.05, 0) is 48.4 Å². The Labute approximate surface area is 175 Å². The van der Waals surface area contributed by atoms with E-state index in [-0.39, 0.29) is 12.6 Å². The Bertz CT molecular complexity index is 963. The maximum Gasteiger partial charge on any atom is 0.331 e. The van der Waals surface area contributed by atoms with Gasteiger partial charge in [0.05, 0.1) is 12.3 Å². The fourth-order valence-electron chi connectivity index (χ4n) is 2.66. The summed E-state index contributed by atoms with van der Waals surface area (Å²) in [6, 6.07) is 20.4. The molecule has 0 aliphatic rings. The number of carbonyl (C=O) groups excluding carboxylic acids is 2. The van der Waals surface area contributed by atoms with Crippen LogP contribution in [0.1, 0.15) is 29.9 Å². The van der Waals surface area contributed by atoms with Gasteiger partial charge in [0, 0.05) is 6.08 Å². The van der Waals surface area contributed by atoms with Gasteiger partial charge in [0.2, 0.25) is 0 Å². The summed E-state index contributed by atoms with van der Waals surface area (Å²) in [6.07, 6.45) is 4.43. The molecule has 1 N–H and O–H groups in total. The number of amides is 1. The molecule has 6 heteroatoms. The Morgan fingerprint density at radius 1 is 1.03 bits per heavy atom. The van der Waals surface area contributed by atoms with Crippen LogP contribution in [0.3, 0.4) is 0 Å². The monoisotopic (exact) mass is 405 g/mol. The first-order valence-electron chi connectivity index (χ1n) is 9.54. The summed E-state index contributed by atoms with van der Waals surface area (Å²) in [6.45, 7) is 1.91. The summed E-state index contributed by atoms with van der Waals surface area (Å²) in [5.74, 6) is 0.368. The molecule has 0 radical (unpaired) electrons. The summed E-state index contributed by atoms with van der Waals surface area (Å²) in [5, 5.41) is 2.69. The number of ether oxygens (including phenoxy) is 2. The third-order valence-electron chi connectivity index (χ3n) is 4.23. The summed E-state index contributed by atoms with van der Waals surface area (Å²) in [5.41, 5.74) is 1.90. The van der Waals surface area contributed by atoms with Gasteiger partial charge in [-0.15, -0.1) is 0 Å². The van der Waals surface area contributed by atoms with Crippen LogP contribution in [0.25, 0.3) is 6.08 Å². The minimum atomic E-state index is -0.597. The van der Waals surface area contributed by atoms with Gasteiger partial charge in [-0.3, -0.25) is 4.79 Å². The summed E-state index contributed by atoms with van der Waals surface area (Å²) in [4.78, 5) is 23.7. The number of hydrogen-bond acceptors (Lipinski definition) is 5. The van der Waals surface area contributed by atoms with E-state index in [9.17, 15) is 9.59 Å². The van der Waals surface area contributed by atoms with E-state index < -0.39 is 11.9 Å². The zero-order chi connectivity index (χ0) is 21.2. The molecule has 0 saturated carbocycles. The third kappa shape index (κ3) is 6.67. The van der Waals surface area contributed by atoms with Crippen LogP contribution in [0.4, 0.5) is 0 Å². The lowest BCUT2D eigenvalue weighted by Gasteiger charge is -2.11.